The second-order valence-corrected chi connectivity index (χ2v) is 5.08. The topological polar surface area (TPSA) is 45.8 Å². The molecule has 0 bridgehead atoms. The highest BCUT2D eigenvalue weighted by Crippen LogP contribution is 2.25. The molecule has 0 amide bonds. The molecule has 0 saturated heterocycles. The van der Waals surface area contributed by atoms with Gasteiger partial charge in [-0.15, -0.1) is 0 Å². The molecular formula is C15H18N2O. The van der Waals surface area contributed by atoms with Crippen molar-refractivity contribution in [3.05, 3.63) is 39.3 Å². The summed E-state index contributed by atoms with van der Waals surface area (Å²) in [7, 11) is 0. The average molecular weight is 242 g/mol. The van der Waals surface area contributed by atoms with Crippen LogP contribution in [0.3, 0.4) is 0 Å². The molecule has 0 aliphatic heterocycles. The van der Waals surface area contributed by atoms with Crippen LogP contribution in [-0.2, 0) is 19.3 Å². The predicted molar refractivity (Wildman–Crippen MR) is 73.0 cm³/mol. The molecule has 1 aromatic heterocycles. The highest BCUT2D eigenvalue weighted by Gasteiger charge is 2.12. The van der Waals surface area contributed by atoms with Crippen molar-refractivity contribution >= 4 is 10.8 Å². The van der Waals surface area contributed by atoms with Crippen LogP contribution in [0.2, 0.25) is 0 Å². The smallest absolute Gasteiger partial charge is 0.267 e. The Hall–Kier alpha value is -1.64. The molecule has 0 spiro atoms. The summed E-state index contributed by atoms with van der Waals surface area (Å²) < 4.78 is 0. The van der Waals surface area contributed by atoms with Gasteiger partial charge in [0.05, 0.1) is 11.1 Å². The van der Waals surface area contributed by atoms with E-state index in [9.17, 15) is 4.79 Å². The van der Waals surface area contributed by atoms with Gasteiger partial charge in [0, 0.05) is 5.39 Å². The molecule has 0 saturated carbocycles. The molecule has 3 nitrogen and oxygen atoms in total. The lowest BCUT2D eigenvalue weighted by Crippen LogP contribution is -2.11. The molecule has 0 fully saturated rings. The molecule has 1 aliphatic rings. The molecule has 0 atom stereocenters. The lowest BCUT2D eigenvalue weighted by Gasteiger charge is -2.09. The minimum atomic E-state index is -0.0609. The zero-order valence-corrected chi connectivity index (χ0v) is 10.8. The largest absolute Gasteiger partial charge is 0.272 e. The van der Waals surface area contributed by atoms with Crippen LogP contribution < -0.4 is 5.56 Å². The Balaban J connectivity index is 2.30. The van der Waals surface area contributed by atoms with Crippen molar-refractivity contribution in [1.82, 2.24) is 10.2 Å². The average Bonchev–Trinajstić information content (AvgIpc) is 2.62. The fraction of sp³-hybridized carbons (Fsp3) is 0.467. The molecule has 0 radical (unpaired) electrons. The molecule has 3 rings (SSSR count). The Morgan fingerprint density at radius 2 is 1.78 bits per heavy atom. The van der Waals surface area contributed by atoms with Crippen molar-refractivity contribution in [2.75, 3.05) is 0 Å². The molecule has 1 N–H and O–H groups in total. The Labute approximate surface area is 106 Å². The molecular weight excluding hydrogens is 224 g/mol. The van der Waals surface area contributed by atoms with Gasteiger partial charge in [-0.05, 0) is 55.4 Å². The number of H-pyrrole nitrogens is 1. The van der Waals surface area contributed by atoms with E-state index in [0.29, 0.717) is 0 Å². The zero-order chi connectivity index (χ0) is 12.5. The van der Waals surface area contributed by atoms with Crippen LogP contribution in [0.1, 0.15) is 43.0 Å². The molecule has 94 valence electrons. The summed E-state index contributed by atoms with van der Waals surface area (Å²) in [5.41, 5.74) is 3.71. The minimum absolute atomic E-state index is 0.0609. The highest BCUT2D eigenvalue weighted by molar-refractivity contribution is 5.85. The van der Waals surface area contributed by atoms with Gasteiger partial charge >= 0.3 is 0 Å². The number of rotatable bonds is 1. The molecule has 3 heteroatoms. The lowest BCUT2D eigenvalue weighted by atomic mass is 9.97. The van der Waals surface area contributed by atoms with E-state index in [4.69, 9.17) is 0 Å². The molecule has 1 aliphatic carbocycles. The molecule has 2 aromatic rings. The molecule has 18 heavy (non-hydrogen) atoms. The third-order valence-electron chi connectivity index (χ3n) is 3.91. The number of aromatic amines is 1. The van der Waals surface area contributed by atoms with Crippen molar-refractivity contribution in [1.29, 1.82) is 0 Å². The van der Waals surface area contributed by atoms with Crippen LogP contribution in [-0.4, -0.2) is 10.2 Å². The number of benzene rings is 1. The van der Waals surface area contributed by atoms with Crippen LogP contribution in [0.5, 0.6) is 0 Å². The van der Waals surface area contributed by atoms with E-state index in [-0.39, 0.29) is 5.56 Å². The van der Waals surface area contributed by atoms with Crippen molar-refractivity contribution in [3.63, 3.8) is 0 Å². The van der Waals surface area contributed by atoms with Crippen molar-refractivity contribution in [2.45, 2.75) is 45.4 Å². The Kier molecular flexibility index (Phi) is 2.90. The number of nitrogens with one attached hydrogen (secondary N) is 1. The van der Waals surface area contributed by atoms with E-state index in [1.165, 1.54) is 30.4 Å². The number of nitrogens with zero attached hydrogens (tertiary/aromatic N) is 1. The number of hydrogen-bond acceptors (Lipinski definition) is 2. The van der Waals surface area contributed by atoms with Gasteiger partial charge in [0.25, 0.3) is 5.56 Å². The molecule has 0 unspecified atom stereocenters. The molecule has 1 heterocycles. The summed E-state index contributed by atoms with van der Waals surface area (Å²) in [5, 5.41) is 8.62. The van der Waals surface area contributed by atoms with Crippen LogP contribution in [0.4, 0.5) is 0 Å². The van der Waals surface area contributed by atoms with E-state index in [0.717, 1.165) is 35.7 Å². The summed E-state index contributed by atoms with van der Waals surface area (Å²) >= 11 is 0. The summed E-state index contributed by atoms with van der Waals surface area (Å²) in [6.07, 6.45) is 6.89. The van der Waals surface area contributed by atoms with E-state index in [1.54, 1.807) is 0 Å². The molecule has 1 aromatic carbocycles. The second-order valence-electron chi connectivity index (χ2n) is 5.08. The maximum Gasteiger partial charge on any atom is 0.272 e. The van der Waals surface area contributed by atoms with E-state index in [1.807, 2.05) is 0 Å². The van der Waals surface area contributed by atoms with Crippen LogP contribution in [0, 0.1) is 0 Å². The number of aromatic nitrogens is 2. The summed E-state index contributed by atoms with van der Waals surface area (Å²) in [6, 6.07) is 4.30. The van der Waals surface area contributed by atoms with Gasteiger partial charge in [-0.1, -0.05) is 13.3 Å². The fourth-order valence-corrected chi connectivity index (χ4v) is 2.90. The highest BCUT2D eigenvalue weighted by atomic mass is 16.1. The third kappa shape index (κ3) is 1.84. The SMILES string of the molecule is CCc1n[nH]c(=O)c2cc3c(cc12)CCCCC3. The first-order valence-corrected chi connectivity index (χ1v) is 6.82. The van der Waals surface area contributed by atoms with Gasteiger partial charge in [0.15, 0.2) is 0 Å². The fourth-order valence-electron chi connectivity index (χ4n) is 2.90. The Morgan fingerprint density at radius 3 is 2.44 bits per heavy atom. The second kappa shape index (κ2) is 4.56. The van der Waals surface area contributed by atoms with Gasteiger partial charge in [0.1, 0.15) is 0 Å². The number of hydrogen-bond donors (Lipinski definition) is 1. The summed E-state index contributed by atoms with van der Waals surface area (Å²) in [5.74, 6) is 0. The van der Waals surface area contributed by atoms with Crippen molar-refractivity contribution in [2.24, 2.45) is 0 Å². The van der Waals surface area contributed by atoms with Crippen LogP contribution >= 0.6 is 0 Å². The van der Waals surface area contributed by atoms with Crippen molar-refractivity contribution < 1.29 is 0 Å². The Morgan fingerprint density at radius 1 is 1.11 bits per heavy atom. The van der Waals surface area contributed by atoms with E-state index in [2.05, 4.69) is 29.3 Å². The van der Waals surface area contributed by atoms with Crippen molar-refractivity contribution in [3.8, 4) is 0 Å². The van der Waals surface area contributed by atoms with Gasteiger partial charge in [-0.25, -0.2) is 5.10 Å². The standard InChI is InChI=1S/C15H18N2O/c1-2-14-12-8-10-6-4-3-5-7-11(10)9-13(12)15(18)17-16-14/h8-9H,2-7H2,1H3,(H,17,18). The quantitative estimate of drug-likeness (QED) is 0.781. The number of aryl methyl sites for hydroxylation is 3. The van der Waals surface area contributed by atoms with Gasteiger partial charge < -0.3 is 0 Å². The normalized spacial score (nSPS) is 15.4. The lowest BCUT2D eigenvalue weighted by molar-refractivity contribution is 0.712. The number of fused-ring (bicyclic) bond motifs is 2. The maximum atomic E-state index is 11.9. The first kappa shape index (κ1) is 11.5. The van der Waals surface area contributed by atoms with E-state index >= 15 is 0 Å². The van der Waals surface area contributed by atoms with Gasteiger partial charge in [-0.2, -0.15) is 5.10 Å². The summed E-state index contributed by atoms with van der Waals surface area (Å²) in [4.78, 5) is 11.9. The third-order valence-corrected chi connectivity index (χ3v) is 3.91. The van der Waals surface area contributed by atoms with Crippen LogP contribution in [0.25, 0.3) is 10.8 Å². The predicted octanol–water partition coefficient (Wildman–Crippen LogP) is 2.75. The van der Waals surface area contributed by atoms with Gasteiger partial charge in [-0.3, -0.25) is 4.79 Å². The first-order valence-electron chi connectivity index (χ1n) is 6.82. The van der Waals surface area contributed by atoms with Gasteiger partial charge in [0.2, 0.25) is 0 Å². The monoisotopic (exact) mass is 242 g/mol. The van der Waals surface area contributed by atoms with E-state index < -0.39 is 0 Å². The Bertz CT molecular complexity index is 643. The minimum Gasteiger partial charge on any atom is -0.267 e. The van der Waals surface area contributed by atoms with Crippen LogP contribution in [0.15, 0.2) is 16.9 Å². The maximum absolute atomic E-state index is 11.9. The first-order chi connectivity index (χ1) is 8.79. The zero-order valence-electron chi connectivity index (χ0n) is 10.8. The summed E-state index contributed by atoms with van der Waals surface area (Å²) in [6.45, 7) is 2.08.